The molecule has 1 aromatic rings. The van der Waals surface area contributed by atoms with Gasteiger partial charge in [0.1, 0.15) is 0 Å². The molecule has 21 heavy (non-hydrogen) atoms. The van der Waals surface area contributed by atoms with Crippen LogP contribution in [0, 0.1) is 6.92 Å². The fourth-order valence-corrected chi connectivity index (χ4v) is 2.74. The minimum atomic E-state index is -0.377. The van der Waals surface area contributed by atoms with Gasteiger partial charge in [-0.15, -0.1) is 0 Å². The number of anilines is 2. The normalized spacial score (nSPS) is 16.3. The molecule has 0 saturated carbocycles. The monoisotopic (exact) mass is 291 g/mol. The van der Waals surface area contributed by atoms with Gasteiger partial charge in [-0.25, -0.2) is 4.79 Å². The van der Waals surface area contributed by atoms with Crippen LogP contribution in [0.3, 0.4) is 0 Å². The molecule has 0 radical (unpaired) electrons. The van der Waals surface area contributed by atoms with Crippen LogP contribution in [0.1, 0.15) is 29.8 Å². The highest BCUT2D eigenvalue weighted by Crippen LogP contribution is 2.27. The third-order valence-corrected chi connectivity index (χ3v) is 4.19. The molecule has 0 amide bonds. The average molecular weight is 291 g/mol. The Morgan fingerprint density at radius 3 is 2.38 bits per heavy atom. The van der Waals surface area contributed by atoms with E-state index in [0.29, 0.717) is 17.3 Å². The molecule has 0 aliphatic carbocycles. The molecule has 1 fully saturated rings. The number of carbonyl (C=O) groups is 1. The van der Waals surface area contributed by atoms with Crippen molar-refractivity contribution in [3.8, 4) is 0 Å². The Morgan fingerprint density at radius 2 is 1.86 bits per heavy atom. The fourth-order valence-electron chi connectivity index (χ4n) is 2.74. The van der Waals surface area contributed by atoms with Crippen molar-refractivity contribution in [2.45, 2.75) is 26.8 Å². The number of hydrogen-bond donors (Lipinski definition) is 1. The van der Waals surface area contributed by atoms with E-state index in [-0.39, 0.29) is 5.97 Å². The second kappa shape index (κ2) is 6.35. The van der Waals surface area contributed by atoms with Gasteiger partial charge in [0.05, 0.1) is 12.7 Å². The molecule has 1 aliphatic rings. The van der Waals surface area contributed by atoms with Crippen LogP contribution in [0.25, 0.3) is 0 Å². The van der Waals surface area contributed by atoms with Crippen molar-refractivity contribution >= 4 is 17.3 Å². The maximum absolute atomic E-state index is 11.8. The highest BCUT2D eigenvalue weighted by molar-refractivity contribution is 5.97. The van der Waals surface area contributed by atoms with Gasteiger partial charge in [-0.3, -0.25) is 4.90 Å². The summed E-state index contributed by atoms with van der Waals surface area (Å²) in [6.07, 6.45) is 0. The highest BCUT2D eigenvalue weighted by Gasteiger charge is 2.21. The van der Waals surface area contributed by atoms with E-state index in [9.17, 15) is 4.79 Å². The van der Waals surface area contributed by atoms with Crippen molar-refractivity contribution in [2.75, 3.05) is 43.9 Å². The van der Waals surface area contributed by atoms with E-state index in [1.54, 1.807) is 0 Å². The average Bonchev–Trinajstić information content (AvgIpc) is 2.49. The summed E-state index contributed by atoms with van der Waals surface area (Å²) in [5.74, 6) is -0.377. The van der Waals surface area contributed by atoms with E-state index in [1.165, 1.54) is 7.11 Å². The standard InChI is InChI=1S/C16H25N3O2/c1-11(2)18-5-7-19(8-6-18)13-9-12(3)15(17)14(10-13)16(20)21-4/h9-11H,5-8,17H2,1-4H3. The molecule has 5 nitrogen and oxygen atoms in total. The predicted octanol–water partition coefficient (Wildman–Crippen LogP) is 1.89. The summed E-state index contributed by atoms with van der Waals surface area (Å²) in [6, 6.07) is 4.47. The molecular weight excluding hydrogens is 266 g/mol. The first-order chi connectivity index (χ1) is 9.93. The summed E-state index contributed by atoms with van der Waals surface area (Å²) in [4.78, 5) is 16.6. The Balaban J connectivity index is 2.21. The van der Waals surface area contributed by atoms with Gasteiger partial charge >= 0.3 is 5.97 Å². The molecule has 2 rings (SSSR count). The zero-order chi connectivity index (χ0) is 15.6. The number of rotatable bonds is 3. The fraction of sp³-hybridized carbons (Fsp3) is 0.562. The lowest BCUT2D eigenvalue weighted by Gasteiger charge is -2.38. The number of nitrogens with two attached hydrogens (primary N) is 1. The Hall–Kier alpha value is -1.75. The summed E-state index contributed by atoms with van der Waals surface area (Å²) < 4.78 is 4.82. The largest absolute Gasteiger partial charge is 0.465 e. The van der Waals surface area contributed by atoms with Crippen LogP contribution in [-0.4, -0.2) is 50.2 Å². The molecule has 1 saturated heterocycles. The minimum absolute atomic E-state index is 0.377. The van der Waals surface area contributed by atoms with Crippen molar-refractivity contribution in [3.05, 3.63) is 23.3 Å². The van der Waals surface area contributed by atoms with Crippen molar-refractivity contribution in [2.24, 2.45) is 0 Å². The molecule has 5 heteroatoms. The highest BCUT2D eigenvalue weighted by atomic mass is 16.5. The Kier molecular flexibility index (Phi) is 4.73. The van der Waals surface area contributed by atoms with Crippen LogP contribution in [0.5, 0.6) is 0 Å². The number of carbonyl (C=O) groups excluding carboxylic acids is 1. The van der Waals surface area contributed by atoms with Crippen molar-refractivity contribution in [3.63, 3.8) is 0 Å². The van der Waals surface area contributed by atoms with E-state index >= 15 is 0 Å². The maximum atomic E-state index is 11.8. The van der Waals surface area contributed by atoms with E-state index < -0.39 is 0 Å². The molecule has 0 spiro atoms. The number of nitrogens with zero attached hydrogens (tertiary/aromatic N) is 2. The van der Waals surface area contributed by atoms with Crippen LogP contribution in [0.15, 0.2) is 12.1 Å². The molecule has 2 N–H and O–H groups in total. The number of hydrogen-bond acceptors (Lipinski definition) is 5. The summed E-state index contributed by atoms with van der Waals surface area (Å²) in [5.41, 5.74) is 8.92. The van der Waals surface area contributed by atoms with Gasteiger partial charge < -0.3 is 15.4 Å². The van der Waals surface area contributed by atoms with Gasteiger partial charge in [-0.05, 0) is 38.5 Å². The van der Waals surface area contributed by atoms with Crippen LogP contribution in [0.4, 0.5) is 11.4 Å². The third kappa shape index (κ3) is 3.29. The van der Waals surface area contributed by atoms with Gasteiger partial charge in [0.15, 0.2) is 0 Å². The SMILES string of the molecule is COC(=O)c1cc(N2CCN(C(C)C)CC2)cc(C)c1N. The number of benzene rings is 1. The lowest BCUT2D eigenvalue weighted by molar-refractivity contribution is 0.0602. The Bertz CT molecular complexity index is 520. The summed E-state index contributed by atoms with van der Waals surface area (Å²) in [6.45, 7) is 10.4. The number of piperazine rings is 1. The van der Waals surface area contributed by atoms with E-state index in [4.69, 9.17) is 10.5 Å². The van der Waals surface area contributed by atoms with Crippen molar-refractivity contribution in [1.82, 2.24) is 4.90 Å². The zero-order valence-corrected chi connectivity index (χ0v) is 13.3. The summed E-state index contributed by atoms with van der Waals surface area (Å²) in [7, 11) is 1.38. The maximum Gasteiger partial charge on any atom is 0.340 e. The Morgan fingerprint density at radius 1 is 1.24 bits per heavy atom. The first-order valence-electron chi connectivity index (χ1n) is 7.41. The lowest BCUT2D eigenvalue weighted by atomic mass is 10.1. The molecule has 1 aromatic carbocycles. The molecule has 0 aromatic heterocycles. The number of nitrogen functional groups attached to an aromatic ring is 1. The van der Waals surface area contributed by atoms with Gasteiger partial charge in [-0.1, -0.05) is 0 Å². The van der Waals surface area contributed by atoms with E-state index in [0.717, 1.165) is 37.4 Å². The second-order valence-electron chi connectivity index (χ2n) is 5.83. The van der Waals surface area contributed by atoms with Crippen molar-refractivity contribution in [1.29, 1.82) is 0 Å². The summed E-state index contributed by atoms with van der Waals surface area (Å²) >= 11 is 0. The first kappa shape index (κ1) is 15.6. The van der Waals surface area contributed by atoms with Gasteiger partial charge in [-0.2, -0.15) is 0 Å². The van der Waals surface area contributed by atoms with Crippen molar-refractivity contribution < 1.29 is 9.53 Å². The molecule has 0 unspecified atom stereocenters. The smallest absolute Gasteiger partial charge is 0.340 e. The van der Waals surface area contributed by atoms with Gasteiger partial charge in [0.2, 0.25) is 0 Å². The number of ether oxygens (including phenoxy) is 1. The molecule has 0 atom stereocenters. The zero-order valence-electron chi connectivity index (χ0n) is 13.3. The number of esters is 1. The van der Waals surface area contributed by atoms with Gasteiger partial charge in [0, 0.05) is 43.6 Å². The molecule has 116 valence electrons. The summed E-state index contributed by atoms with van der Waals surface area (Å²) in [5, 5.41) is 0. The van der Waals surface area contributed by atoms with Crippen LogP contribution in [0.2, 0.25) is 0 Å². The quantitative estimate of drug-likeness (QED) is 0.681. The van der Waals surface area contributed by atoms with Crippen LogP contribution >= 0.6 is 0 Å². The predicted molar refractivity (Wildman–Crippen MR) is 85.9 cm³/mol. The Labute approximate surface area is 126 Å². The molecule has 1 heterocycles. The number of aryl methyl sites for hydroxylation is 1. The molecular formula is C16H25N3O2. The lowest BCUT2D eigenvalue weighted by Crippen LogP contribution is -2.49. The minimum Gasteiger partial charge on any atom is -0.465 e. The van der Waals surface area contributed by atoms with Crippen LogP contribution < -0.4 is 10.6 Å². The second-order valence-corrected chi connectivity index (χ2v) is 5.83. The van der Waals surface area contributed by atoms with E-state index in [2.05, 4.69) is 23.6 Å². The third-order valence-electron chi connectivity index (χ3n) is 4.19. The van der Waals surface area contributed by atoms with Crippen LogP contribution in [-0.2, 0) is 4.74 Å². The molecule has 0 bridgehead atoms. The van der Waals surface area contributed by atoms with E-state index in [1.807, 2.05) is 19.1 Å². The topological polar surface area (TPSA) is 58.8 Å². The number of methoxy groups -OCH3 is 1. The van der Waals surface area contributed by atoms with Gasteiger partial charge in [0.25, 0.3) is 0 Å². The molecule has 1 aliphatic heterocycles. The first-order valence-corrected chi connectivity index (χ1v) is 7.41.